The van der Waals surface area contributed by atoms with Crippen LogP contribution in [0.2, 0.25) is 0 Å². The first-order chi connectivity index (χ1) is 6.06. The van der Waals surface area contributed by atoms with Crippen LogP contribution in [0.1, 0.15) is 59.8 Å². The second-order valence-corrected chi connectivity index (χ2v) is 5.16. The zero-order chi connectivity index (χ0) is 9.90. The fourth-order valence-corrected chi connectivity index (χ4v) is 2.25. The highest BCUT2D eigenvalue weighted by atomic mass is 15.0. The van der Waals surface area contributed by atoms with Crippen LogP contribution < -0.4 is 5.32 Å². The molecule has 0 aromatic rings. The Balaban J connectivity index is 2.58. The number of nitrogens with one attached hydrogen (secondary N) is 1. The molecule has 2 atom stereocenters. The van der Waals surface area contributed by atoms with Gasteiger partial charge in [-0.3, -0.25) is 0 Å². The Hall–Kier alpha value is -0.0400. The van der Waals surface area contributed by atoms with Gasteiger partial charge in [0.1, 0.15) is 0 Å². The van der Waals surface area contributed by atoms with Gasteiger partial charge in [-0.15, -0.1) is 0 Å². The summed E-state index contributed by atoms with van der Waals surface area (Å²) in [6.45, 7) is 9.38. The van der Waals surface area contributed by atoms with E-state index in [0.717, 1.165) is 12.0 Å². The topological polar surface area (TPSA) is 12.0 Å². The summed E-state index contributed by atoms with van der Waals surface area (Å²) in [6, 6.07) is 0.748. The van der Waals surface area contributed by atoms with Crippen LogP contribution in [-0.4, -0.2) is 11.6 Å². The average molecular weight is 183 g/mol. The molecule has 1 rings (SSSR count). The van der Waals surface area contributed by atoms with Crippen molar-refractivity contribution in [3.63, 3.8) is 0 Å². The molecule has 0 saturated carbocycles. The molecule has 1 heterocycles. The third-order valence-electron chi connectivity index (χ3n) is 3.74. The van der Waals surface area contributed by atoms with E-state index in [0.29, 0.717) is 5.54 Å². The lowest BCUT2D eigenvalue weighted by Crippen LogP contribution is -2.50. The minimum absolute atomic E-state index is 0.334. The maximum Gasteiger partial charge on any atom is 0.0153 e. The predicted octanol–water partition coefficient (Wildman–Crippen LogP) is 3.34. The molecule has 1 heteroatoms. The van der Waals surface area contributed by atoms with E-state index in [1.807, 2.05) is 0 Å². The highest BCUT2D eigenvalue weighted by molar-refractivity contribution is 4.88. The predicted molar refractivity (Wildman–Crippen MR) is 58.9 cm³/mol. The molecule has 1 aliphatic heterocycles. The molecule has 78 valence electrons. The van der Waals surface area contributed by atoms with Crippen molar-refractivity contribution in [1.82, 2.24) is 5.32 Å². The summed E-state index contributed by atoms with van der Waals surface area (Å²) in [5.41, 5.74) is 0.334. The van der Waals surface area contributed by atoms with E-state index in [1.165, 1.54) is 32.1 Å². The van der Waals surface area contributed by atoms with Crippen molar-refractivity contribution in [1.29, 1.82) is 0 Å². The molecule has 1 nitrogen and oxygen atoms in total. The highest BCUT2D eigenvalue weighted by Gasteiger charge is 2.28. The molecule has 1 N–H and O–H groups in total. The first-order valence-electron chi connectivity index (χ1n) is 5.84. The van der Waals surface area contributed by atoms with Gasteiger partial charge in [0, 0.05) is 11.6 Å². The van der Waals surface area contributed by atoms with Gasteiger partial charge in [-0.1, -0.05) is 26.7 Å². The smallest absolute Gasteiger partial charge is 0.0153 e. The van der Waals surface area contributed by atoms with Gasteiger partial charge in [-0.05, 0) is 39.0 Å². The van der Waals surface area contributed by atoms with E-state index in [-0.39, 0.29) is 0 Å². The fourth-order valence-electron chi connectivity index (χ4n) is 2.25. The Labute approximate surface area is 83.3 Å². The van der Waals surface area contributed by atoms with Gasteiger partial charge in [0.2, 0.25) is 0 Å². The van der Waals surface area contributed by atoms with Crippen molar-refractivity contribution in [3.05, 3.63) is 0 Å². The lowest BCUT2D eigenvalue weighted by Gasteiger charge is -2.39. The summed E-state index contributed by atoms with van der Waals surface area (Å²) in [6.07, 6.45) is 6.86. The monoisotopic (exact) mass is 183 g/mol. The molecule has 0 radical (unpaired) electrons. The first-order valence-corrected chi connectivity index (χ1v) is 5.84. The van der Waals surface area contributed by atoms with Crippen molar-refractivity contribution in [2.45, 2.75) is 71.4 Å². The minimum Gasteiger partial charge on any atom is -0.309 e. The van der Waals surface area contributed by atoms with Gasteiger partial charge in [0.15, 0.2) is 0 Å². The molecule has 0 aliphatic carbocycles. The largest absolute Gasteiger partial charge is 0.309 e. The first kappa shape index (κ1) is 11.0. The molecule has 0 spiro atoms. The molecule has 1 fully saturated rings. The SMILES string of the molecule is CCC1CCCC[C@H](C)C(C)(C)N1. The number of rotatable bonds is 1. The van der Waals surface area contributed by atoms with Crippen LogP contribution in [0.25, 0.3) is 0 Å². The number of hydrogen-bond donors (Lipinski definition) is 1. The molecule has 1 aliphatic rings. The average Bonchev–Trinajstić information content (AvgIpc) is 2.07. The molecule has 0 aromatic heterocycles. The zero-order valence-corrected chi connectivity index (χ0v) is 9.69. The Morgan fingerprint density at radius 1 is 1.23 bits per heavy atom. The lowest BCUT2D eigenvalue weighted by molar-refractivity contribution is 0.197. The van der Waals surface area contributed by atoms with Crippen LogP contribution in [0.4, 0.5) is 0 Å². The van der Waals surface area contributed by atoms with Gasteiger partial charge < -0.3 is 5.32 Å². The van der Waals surface area contributed by atoms with Gasteiger partial charge in [-0.2, -0.15) is 0 Å². The van der Waals surface area contributed by atoms with Gasteiger partial charge in [0.05, 0.1) is 0 Å². The Morgan fingerprint density at radius 2 is 1.85 bits per heavy atom. The Morgan fingerprint density at radius 3 is 2.46 bits per heavy atom. The van der Waals surface area contributed by atoms with E-state index in [9.17, 15) is 0 Å². The minimum atomic E-state index is 0.334. The lowest BCUT2D eigenvalue weighted by atomic mass is 9.82. The summed E-state index contributed by atoms with van der Waals surface area (Å²) in [5.74, 6) is 0.807. The second kappa shape index (κ2) is 4.45. The molecule has 1 saturated heterocycles. The van der Waals surface area contributed by atoms with Gasteiger partial charge in [0.25, 0.3) is 0 Å². The van der Waals surface area contributed by atoms with Crippen LogP contribution in [0, 0.1) is 5.92 Å². The van der Waals surface area contributed by atoms with Crippen LogP contribution in [0.5, 0.6) is 0 Å². The summed E-state index contributed by atoms with van der Waals surface area (Å²) in [4.78, 5) is 0. The summed E-state index contributed by atoms with van der Waals surface area (Å²) >= 11 is 0. The van der Waals surface area contributed by atoms with E-state index in [2.05, 4.69) is 33.0 Å². The van der Waals surface area contributed by atoms with Crippen LogP contribution >= 0.6 is 0 Å². The van der Waals surface area contributed by atoms with Gasteiger partial charge in [-0.25, -0.2) is 0 Å². The van der Waals surface area contributed by atoms with Crippen LogP contribution in [0.15, 0.2) is 0 Å². The van der Waals surface area contributed by atoms with E-state index >= 15 is 0 Å². The molecule has 13 heavy (non-hydrogen) atoms. The van der Waals surface area contributed by atoms with Crippen molar-refractivity contribution in [2.24, 2.45) is 5.92 Å². The standard InChI is InChI=1S/C12H25N/c1-5-11-9-7-6-8-10(2)12(3,4)13-11/h10-11,13H,5-9H2,1-4H3/t10-,11?/m0/s1. The Bertz CT molecular complexity index is 151. The molecule has 1 unspecified atom stereocenters. The molecule has 0 aromatic carbocycles. The third kappa shape index (κ3) is 2.98. The highest BCUT2D eigenvalue weighted by Crippen LogP contribution is 2.26. The normalized spacial score (nSPS) is 35.1. The van der Waals surface area contributed by atoms with Crippen LogP contribution in [0.3, 0.4) is 0 Å². The van der Waals surface area contributed by atoms with Crippen molar-refractivity contribution in [3.8, 4) is 0 Å². The maximum atomic E-state index is 3.79. The summed E-state index contributed by atoms with van der Waals surface area (Å²) in [5, 5.41) is 3.79. The summed E-state index contributed by atoms with van der Waals surface area (Å²) < 4.78 is 0. The quantitative estimate of drug-likeness (QED) is 0.657. The Kier molecular flexibility index (Phi) is 3.78. The zero-order valence-electron chi connectivity index (χ0n) is 9.69. The van der Waals surface area contributed by atoms with Crippen molar-refractivity contribution >= 4 is 0 Å². The van der Waals surface area contributed by atoms with Gasteiger partial charge >= 0.3 is 0 Å². The van der Waals surface area contributed by atoms with Crippen molar-refractivity contribution < 1.29 is 0 Å². The number of hydrogen-bond acceptors (Lipinski definition) is 1. The molecule has 0 amide bonds. The third-order valence-corrected chi connectivity index (χ3v) is 3.74. The van der Waals surface area contributed by atoms with E-state index in [4.69, 9.17) is 0 Å². The van der Waals surface area contributed by atoms with E-state index in [1.54, 1.807) is 0 Å². The van der Waals surface area contributed by atoms with Crippen LogP contribution in [-0.2, 0) is 0 Å². The fraction of sp³-hybridized carbons (Fsp3) is 1.00. The molecular weight excluding hydrogens is 158 g/mol. The van der Waals surface area contributed by atoms with Crippen molar-refractivity contribution in [2.75, 3.05) is 0 Å². The maximum absolute atomic E-state index is 3.79. The van der Waals surface area contributed by atoms with E-state index < -0.39 is 0 Å². The molecular formula is C12H25N. The second-order valence-electron chi connectivity index (χ2n) is 5.16. The molecule has 0 bridgehead atoms. The summed E-state index contributed by atoms with van der Waals surface area (Å²) in [7, 11) is 0.